The van der Waals surface area contributed by atoms with Crippen molar-refractivity contribution in [1.29, 1.82) is 0 Å². The molecule has 0 radical (unpaired) electrons. The lowest BCUT2D eigenvalue weighted by atomic mass is 10.1. The van der Waals surface area contributed by atoms with E-state index in [0.717, 1.165) is 5.56 Å². The number of benzene rings is 1. The van der Waals surface area contributed by atoms with Crippen LogP contribution in [0.3, 0.4) is 0 Å². The summed E-state index contributed by atoms with van der Waals surface area (Å²) < 4.78 is 0. The fourth-order valence-electron chi connectivity index (χ4n) is 1.29. The van der Waals surface area contributed by atoms with E-state index < -0.39 is 6.10 Å². The van der Waals surface area contributed by atoms with Crippen LogP contribution in [0.4, 0.5) is 0 Å². The molecule has 0 bridgehead atoms. The van der Waals surface area contributed by atoms with E-state index in [1.807, 2.05) is 19.1 Å². The number of carbonyl (C=O) groups is 2. The van der Waals surface area contributed by atoms with Gasteiger partial charge in [-0.05, 0) is 26.0 Å². The number of aryl methyl sites for hydroxylation is 1. The molecule has 0 aliphatic rings. The lowest BCUT2D eigenvalue weighted by Crippen LogP contribution is -2.39. The molecule has 3 N–H and O–H groups in total. The molecule has 0 heterocycles. The summed E-state index contributed by atoms with van der Waals surface area (Å²) in [7, 11) is 0. The maximum Gasteiger partial charge on any atom is 0.251 e. The number of nitrogens with one attached hydrogen (secondary N) is 2. The summed E-state index contributed by atoms with van der Waals surface area (Å²) in [5, 5.41) is 14.0. The second kappa shape index (κ2) is 6.76. The highest BCUT2D eigenvalue weighted by Crippen LogP contribution is 2.02. The van der Waals surface area contributed by atoms with E-state index in [2.05, 4.69) is 10.6 Å². The molecule has 0 spiro atoms. The minimum absolute atomic E-state index is 0.0978. The third-order valence-corrected chi connectivity index (χ3v) is 2.32. The molecule has 0 saturated heterocycles. The maximum absolute atomic E-state index is 11.7. The van der Waals surface area contributed by atoms with Gasteiger partial charge in [0.15, 0.2) is 0 Å². The van der Waals surface area contributed by atoms with Gasteiger partial charge in [0.2, 0.25) is 5.91 Å². The minimum Gasteiger partial charge on any atom is -0.392 e. The number of amides is 2. The van der Waals surface area contributed by atoms with Gasteiger partial charge in [0.25, 0.3) is 5.91 Å². The van der Waals surface area contributed by atoms with E-state index in [-0.39, 0.29) is 24.9 Å². The third kappa shape index (κ3) is 4.97. The number of hydrogen-bond donors (Lipinski definition) is 3. The Morgan fingerprint density at radius 1 is 1.22 bits per heavy atom. The molecule has 0 saturated carbocycles. The summed E-state index contributed by atoms with van der Waals surface area (Å²) in [6.07, 6.45) is -0.596. The van der Waals surface area contributed by atoms with Crippen LogP contribution in [0, 0.1) is 6.92 Å². The van der Waals surface area contributed by atoms with Gasteiger partial charge >= 0.3 is 0 Å². The fraction of sp³-hybridized carbons (Fsp3) is 0.385. The van der Waals surface area contributed by atoms with Crippen molar-refractivity contribution in [2.24, 2.45) is 0 Å². The molecule has 2 amide bonds. The van der Waals surface area contributed by atoms with Crippen molar-refractivity contribution in [3.8, 4) is 0 Å². The topological polar surface area (TPSA) is 78.4 Å². The molecule has 1 aromatic carbocycles. The molecule has 1 rings (SSSR count). The molecule has 1 aromatic rings. The minimum atomic E-state index is -0.596. The molecule has 5 nitrogen and oxygen atoms in total. The van der Waals surface area contributed by atoms with E-state index in [9.17, 15) is 9.59 Å². The smallest absolute Gasteiger partial charge is 0.251 e. The zero-order valence-corrected chi connectivity index (χ0v) is 10.6. The average Bonchev–Trinajstić information content (AvgIpc) is 2.34. The zero-order valence-electron chi connectivity index (χ0n) is 10.6. The summed E-state index contributed by atoms with van der Waals surface area (Å²) in [6, 6.07) is 7.08. The SMILES string of the molecule is Cc1ccc(C(=O)NCC(=O)NCC(C)O)cc1. The van der Waals surface area contributed by atoms with E-state index in [1.165, 1.54) is 0 Å². The average molecular weight is 250 g/mol. The summed E-state index contributed by atoms with van der Waals surface area (Å²) >= 11 is 0. The molecule has 0 aliphatic carbocycles. The van der Waals surface area contributed by atoms with Crippen LogP contribution in [-0.2, 0) is 4.79 Å². The second-order valence-corrected chi connectivity index (χ2v) is 4.20. The predicted octanol–water partition coefficient (Wildman–Crippen LogP) is 0.222. The highest BCUT2D eigenvalue weighted by Gasteiger charge is 2.07. The summed E-state index contributed by atoms with van der Waals surface area (Å²) in [5.74, 6) is -0.612. The highest BCUT2D eigenvalue weighted by molar-refractivity contribution is 5.96. The van der Waals surface area contributed by atoms with Crippen LogP contribution < -0.4 is 10.6 Å². The summed E-state index contributed by atoms with van der Waals surface area (Å²) in [5.41, 5.74) is 1.59. The van der Waals surface area contributed by atoms with Crippen LogP contribution in [0.25, 0.3) is 0 Å². The first-order chi connectivity index (χ1) is 8.49. The Hall–Kier alpha value is -1.88. The number of hydrogen-bond acceptors (Lipinski definition) is 3. The molecule has 0 aliphatic heterocycles. The molecule has 0 aromatic heterocycles. The summed E-state index contributed by atoms with van der Waals surface area (Å²) in [4.78, 5) is 23.0. The first-order valence-electron chi connectivity index (χ1n) is 5.78. The van der Waals surface area contributed by atoms with Crippen molar-refractivity contribution in [2.45, 2.75) is 20.0 Å². The normalized spacial score (nSPS) is 11.7. The van der Waals surface area contributed by atoms with Crippen molar-refractivity contribution < 1.29 is 14.7 Å². The highest BCUT2D eigenvalue weighted by atomic mass is 16.3. The van der Waals surface area contributed by atoms with Crippen molar-refractivity contribution in [2.75, 3.05) is 13.1 Å². The van der Waals surface area contributed by atoms with Gasteiger partial charge in [-0.2, -0.15) is 0 Å². The third-order valence-electron chi connectivity index (χ3n) is 2.32. The van der Waals surface area contributed by atoms with Gasteiger partial charge in [-0.15, -0.1) is 0 Å². The second-order valence-electron chi connectivity index (χ2n) is 4.20. The van der Waals surface area contributed by atoms with E-state index in [4.69, 9.17) is 5.11 Å². The Labute approximate surface area is 106 Å². The molecule has 0 fully saturated rings. The van der Waals surface area contributed by atoms with Gasteiger partial charge in [0.05, 0.1) is 12.6 Å². The van der Waals surface area contributed by atoms with Crippen molar-refractivity contribution in [1.82, 2.24) is 10.6 Å². The molecular formula is C13H18N2O3. The van der Waals surface area contributed by atoms with Crippen LogP contribution in [0.1, 0.15) is 22.8 Å². The van der Waals surface area contributed by atoms with Gasteiger partial charge in [-0.1, -0.05) is 17.7 Å². The molecular weight excluding hydrogens is 232 g/mol. The number of carbonyl (C=O) groups excluding carboxylic acids is 2. The van der Waals surface area contributed by atoms with Crippen molar-refractivity contribution in [3.05, 3.63) is 35.4 Å². The molecule has 5 heteroatoms. The lowest BCUT2D eigenvalue weighted by Gasteiger charge is -2.08. The van der Waals surface area contributed by atoms with E-state index in [0.29, 0.717) is 5.56 Å². The molecule has 1 atom stereocenters. The summed E-state index contributed by atoms with van der Waals surface area (Å²) in [6.45, 7) is 3.59. The number of rotatable bonds is 5. The Bertz CT molecular complexity index is 413. The van der Waals surface area contributed by atoms with Gasteiger partial charge in [-0.3, -0.25) is 9.59 Å². The van der Waals surface area contributed by atoms with Gasteiger partial charge in [0, 0.05) is 12.1 Å². The predicted molar refractivity (Wildman–Crippen MR) is 68.2 cm³/mol. The fourth-order valence-corrected chi connectivity index (χ4v) is 1.29. The maximum atomic E-state index is 11.7. The standard InChI is InChI=1S/C13H18N2O3/c1-9-3-5-11(6-4-9)13(18)15-8-12(17)14-7-10(2)16/h3-6,10,16H,7-8H2,1-2H3,(H,14,17)(H,15,18). The quantitative estimate of drug-likeness (QED) is 0.699. The first-order valence-corrected chi connectivity index (χ1v) is 5.78. The molecule has 98 valence electrons. The van der Waals surface area contributed by atoms with Crippen LogP contribution in [-0.4, -0.2) is 36.1 Å². The van der Waals surface area contributed by atoms with Crippen LogP contribution in [0.15, 0.2) is 24.3 Å². The van der Waals surface area contributed by atoms with Crippen molar-refractivity contribution >= 4 is 11.8 Å². The Kier molecular flexibility index (Phi) is 5.32. The largest absolute Gasteiger partial charge is 0.392 e. The molecule has 18 heavy (non-hydrogen) atoms. The van der Waals surface area contributed by atoms with Gasteiger partial charge in [0.1, 0.15) is 0 Å². The van der Waals surface area contributed by atoms with Gasteiger partial charge in [-0.25, -0.2) is 0 Å². The number of aliphatic hydroxyl groups excluding tert-OH is 1. The van der Waals surface area contributed by atoms with Crippen LogP contribution >= 0.6 is 0 Å². The first kappa shape index (κ1) is 14.2. The van der Waals surface area contributed by atoms with E-state index in [1.54, 1.807) is 19.1 Å². The Morgan fingerprint density at radius 3 is 2.39 bits per heavy atom. The lowest BCUT2D eigenvalue weighted by molar-refractivity contribution is -0.120. The molecule has 1 unspecified atom stereocenters. The Morgan fingerprint density at radius 2 is 1.83 bits per heavy atom. The zero-order chi connectivity index (χ0) is 13.5. The Balaban J connectivity index is 2.37. The van der Waals surface area contributed by atoms with Gasteiger partial charge < -0.3 is 15.7 Å². The van der Waals surface area contributed by atoms with Crippen LogP contribution in [0.2, 0.25) is 0 Å². The van der Waals surface area contributed by atoms with Crippen molar-refractivity contribution in [3.63, 3.8) is 0 Å². The number of aliphatic hydroxyl groups is 1. The monoisotopic (exact) mass is 250 g/mol. The van der Waals surface area contributed by atoms with Crippen LogP contribution in [0.5, 0.6) is 0 Å². The van der Waals surface area contributed by atoms with E-state index >= 15 is 0 Å².